The first-order valence-electron chi connectivity index (χ1n) is 4.72. The third kappa shape index (κ3) is 4.22. The van der Waals surface area contributed by atoms with Crippen LogP contribution in [0.5, 0.6) is 0 Å². The van der Waals surface area contributed by atoms with Gasteiger partial charge in [-0.25, -0.2) is 0 Å². The predicted octanol–water partition coefficient (Wildman–Crippen LogP) is 2.19. The molecule has 1 atom stereocenters. The minimum atomic E-state index is -3.06. The van der Waals surface area contributed by atoms with Gasteiger partial charge in [-0.15, -0.1) is 0 Å². The Morgan fingerprint density at radius 2 is 1.93 bits per heavy atom. The Morgan fingerprint density at radius 3 is 2.29 bits per heavy atom. The van der Waals surface area contributed by atoms with Crippen molar-refractivity contribution in [3.05, 3.63) is 0 Å². The van der Waals surface area contributed by atoms with Gasteiger partial charge >= 0.3 is 7.60 Å². The molecule has 0 amide bonds. The largest absolute Gasteiger partial charge is 0.353 e. The number of nitrogens with one attached hydrogen (secondary N) is 1. The van der Waals surface area contributed by atoms with Gasteiger partial charge < -0.3 is 9.05 Å². The van der Waals surface area contributed by atoms with Crippen molar-refractivity contribution >= 4 is 13.8 Å². The molecule has 0 heterocycles. The van der Waals surface area contributed by atoms with E-state index in [9.17, 15) is 4.57 Å². The molecule has 0 aliphatic carbocycles. The third-order valence-corrected chi connectivity index (χ3v) is 3.78. The maximum absolute atomic E-state index is 12.0. The Kier molecular flexibility index (Phi) is 6.79. The van der Waals surface area contributed by atoms with Crippen molar-refractivity contribution in [2.75, 3.05) is 13.2 Å². The van der Waals surface area contributed by atoms with Crippen molar-refractivity contribution in [3.63, 3.8) is 0 Å². The average Bonchev–Trinajstić information content (AvgIpc) is 2.15. The maximum atomic E-state index is 12.0. The summed E-state index contributed by atoms with van der Waals surface area (Å²) in [6.07, 6.45) is 1.58. The first-order valence-corrected chi connectivity index (χ1v) is 6.33. The topological polar surface area (TPSA) is 59.9 Å². The number of nitrogens with zero attached hydrogens (tertiary/aromatic N) is 1. The van der Waals surface area contributed by atoms with Crippen molar-refractivity contribution in [2.45, 2.75) is 33.5 Å². The molecule has 6 heteroatoms. The molecule has 0 aliphatic rings. The normalized spacial score (nSPS) is 14.6. The fourth-order valence-electron chi connectivity index (χ4n) is 0.874. The summed E-state index contributed by atoms with van der Waals surface area (Å²) >= 11 is 0. The summed E-state index contributed by atoms with van der Waals surface area (Å²) in [7, 11) is -3.06. The van der Waals surface area contributed by atoms with Gasteiger partial charge in [0.15, 0.2) is 0 Å². The molecule has 1 N–H and O–H groups in total. The van der Waals surface area contributed by atoms with E-state index in [4.69, 9.17) is 9.05 Å². The van der Waals surface area contributed by atoms with E-state index in [0.717, 1.165) is 0 Å². The van der Waals surface area contributed by atoms with E-state index in [1.807, 2.05) is 0 Å². The predicted molar refractivity (Wildman–Crippen MR) is 57.6 cm³/mol. The molecule has 0 saturated carbocycles. The monoisotopic (exact) mass is 222 g/mol. The van der Waals surface area contributed by atoms with Crippen molar-refractivity contribution in [1.82, 2.24) is 5.43 Å². The van der Waals surface area contributed by atoms with Crippen molar-refractivity contribution in [2.24, 2.45) is 5.10 Å². The second-order valence-electron chi connectivity index (χ2n) is 2.57. The lowest BCUT2D eigenvalue weighted by atomic mass is 10.8. The van der Waals surface area contributed by atoms with Crippen LogP contribution in [0.25, 0.3) is 0 Å². The van der Waals surface area contributed by atoms with Crippen LogP contribution in [0.1, 0.15) is 27.7 Å². The standard InChI is InChI=1S/C8H19N2O3P/c1-5-9-10-8(4)14(11,12-6-2)13-7-3/h5,8,10H,6-7H2,1-4H3. The molecule has 0 aromatic carbocycles. The summed E-state index contributed by atoms with van der Waals surface area (Å²) in [6, 6.07) is 0. The smallest absolute Gasteiger partial charge is 0.307 e. The first kappa shape index (κ1) is 13.6. The molecule has 0 aromatic rings. The van der Waals surface area contributed by atoms with Crippen LogP contribution in [0, 0.1) is 0 Å². The molecular formula is C8H19N2O3P. The van der Waals surface area contributed by atoms with Crippen LogP contribution in [-0.4, -0.2) is 25.2 Å². The van der Waals surface area contributed by atoms with E-state index in [-0.39, 0.29) is 0 Å². The van der Waals surface area contributed by atoms with Crippen LogP contribution in [0.4, 0.5) is 0 Å². The molecule has 0 rings (SSSR count). The van der Waals surface area contributed by atoms with Gasteiger partial charge in [-0.1, -0.05) is 0 Å². The van der Waals surface area contributed by atoms with E-state index >= 15 is 0 Å². The molecule has 1 unspecified atom stereocenters. The molecule has 0 radical (unpaired) electrons. The van der Waals surface area contributed by atoms with Crippen LogP contribution in [0.15, 0.2) is 5.10 Å². The Labute approximate surface area is 85.4 Å². The summed E-state index contributed by atoms with van der Waals surface area (Å²) in [6.45, 7) is 7.77. The minimum Gasteiger partial charge on any atom is -0.307 e. The molecule has 0 bridgehead atoms. The molecule has 0 saturated heterocycles. The lowest BCUT2D eigenvalue weighted by Gasteiger charge is -2.22. The molecule has 14 heavy (non-hydrogen) atoms. The van der Waals surface area contributed by atoms with E-state index in [1.54, 1.807) is 33.9 Å². The Bertz CT molecular complexity index is 211. The van der Waals surface area contributed by atoms with Crippen LogP contribution < -0.4 is 5.43 Å². The maximum Gasteiger partial charge on any atom is 0.353 e. The van der Waals surface area contributed by atoms with Gasteiger partial charge in [0, 0.05) is 6.21 Å². The number of hydrogen-bond acceptors (Lipinski definition) is 5. The zero-order valence-electron chi connectivity index (χ0n) is 9.19. The average molecular weight is 222 g/mol. The Hall–Kier alpha value is -0.380. The molecule has 0 spiro atoms. The summed E-state index contributed by atoms with van der Waals surface area (Å²) in [5, 5.41) is 3.80. The number of rotatable bonds is 7. The van der Waals surface area contributed by atoms with Crippen LogP contribution in [-0.2, 0) is 13.6 Å². The second kappa shape index (κ2) is 6.98. The van der Waals surface area contributed by atoms with Crippen LogP contribution in [0.2, 0.25) is 0 Å². The number of hydrogen-bond donors (Lipinski definition) is 1. The quantitative estimate of drug-likeness (QED) is 0.407. The third-order valence-electron chi connectivity index (χ3n) is 1.48. The lowest BCUT2D eigenvalue weighted by molar-refractivity contribution is 0.209. The molecule has 0 aliphatic heterocycles. The van der Waals surface area contributed by atoms with Gasteiger partial charge in [-0.3, -0.25) is 9.99 Å². The van der Waals surface area contributed by atoms with E-state index in [2.05, 4.69) is 10.5 Å². The van der Waals surface area contributed by atoms with E-state index in [1.165, 1.54) is 0 Å². The second-order valence-corrected chi connectivity index (χ2v) is 4.94. The van der Waals surface area contributed by atoms with Gasteiger partial charge in [0.2, 0.25) is 0 Å². The van der Waals surface area contributed by atoms with Crippen LogP contribution in [0.3, 0.4) is 0 Å². The minimum absolute atomic E-state index is 0.360. The van der Waals surface area contributed by atoms with Crippen molar-refractivity contribution < 1.29 is 13.6 Å². The van der Waals surface area contributed by atoms with Gasteiger partial charge in [-0.2, -0.15) is 5.10 Å². The zero-order valence-corrected chi connectivity index (χ0v) is 10.1. The zero-order chi connectivity index (χ0) is 11.0. The molecular weight excluding hydrogens is 203 g/mol. The fraction of sp³-hybridized carbons (Fsp3) is 0.875. The highest BCUT2D eigenvalue weighted by Crippen LogP contribution is 2.51. The van der Waals surface area contributed by atoms with Crippen LogP contribution >= 0.6 is 7.60 Å². The summed E-state index contributed by atoms with van der Waals surface area (Å²) < 4.78 is 22.3. The summed E-state index contributed by atoms with van der Waals surface area (Å²) in [5.74, 6) is -0.432. The van der Waals surface area contributed by atoms with Crippen molar-refractivity contribution in [3.8, 4) is 0 Å². The molecule has 0 fully saturated rings. The molecule has 84 valence electrons. The Morgan fingerprint density at radius 1 is 1.43 bits per heavy atom. The van der Waals surface area contributed by atoms with Gasteiger partial charge in [0.1, 0.15) is 5.78 Å². The summed E-state index contributed by atoms with van der Waals surface area (Å²) in [5.41, 5.74) is 2.70. The van der Waals surface area contributed by atoms with E-state index in [0.29, 0.717) is 13.2 Å². The molecule has 0 aromatic heterocycles. The highest BCUT2D eigenvalue weighted by Gasteiger charge is 2.31. The molecule has 5 nitrogen and oxygen atoms in total. The van der Waals surface area contributed by atoms with Gasteiger partial charge in [0.05, 0.1) is 13.2 Å². The fourth-order valence-corrected chi connectivity index (χ4v) is 2.32. The Balaban J connectivity index is 4.38. The van der Waals surface area contributed by atoms with E-state index < -0.39 is 13.4 Å². The number of hydrazone groups is 1. The van der Waals surface area contributed by atoms with Gasteiger partial charge in [-0.05, 0) is 27.7 Å². The SMILES string of the molecule is CC=NNC(C)P(=O)(OCC)OCC. The lowest BCUT2D eigenvalue weighted by Crippen LogP contribution is -2.23. The summed E-state index contributed by atoms with van der Waals surface area (Å²) in [4.78, 5) is 0. The van der Waals surface area contributed by atoms with Gasteiger partial charge in [0.25, 0.3) is 0 Å². The highest BCUT2D eigenvalue weighted by atomic mass is 31.2. The highest BCUT2D eigenvalue weighted by molar-refractivity contribution is 7.54. The first-order chi connectivity index (χ1) is 6.60. The van der Waals surface area contributed by atoms with Crippen molar-refractivity contribution in [1.29, 1.82) is 0 Å².